The van der Waals surface area contributed by atoms with Crippen LogP contribution >= 0.6 is 0 Å². The molecule has 130 valence electrons. The van der Waals surface area contributed by atoms with Crippen LogP contribution in [0.25, 0.3) is 0 Å². The Labute approximate surface area is 138 Å². The van der Waals surface area contributed by atoms with Crippen LogP contribution in [-0.2, 0) is 14.3 Å². The van der Waals surface area contributed by atoms with Crippen LogP contribution < -0.4 is 0 Å². The highest BCUT2D eigenvalue weighted by atomic mass is 16.5. The quantitative estimate of drug-likeness (QED) is 0.748. The molecule has 3 rings (SSSR count). The summed E-state index contributed by atoms with van der Waals surface area (Å²) in [5.74, 6) is 0.371. The molecule has 3 saturated heterocycles. The van der Waals surface area contributed by atoms with Crippen molar-refractivity contribution in [2.45, 2.75) is 44.1 Å². The Balaban J connectivity index is 1.57. The zero-order chi connectivity index (χ0) is 16.3. The van der Waals surface area contributed by atoms with Crippen LogP contribution in [0, 0.1) is 0 Å². The van der Waals surface area contributed by atoms with Crippen molar-refractivity contribution in [3.05, 3.63) is 0 Å². The second kappa shape index (κ2) is 7.18. The first-order valence-electron chi connectivity index (χ1n) is 8.94. The zero-order valence-electron chi connectivity index (χ0n) is 14.3. The summed E-state index contributed by atoms with van der Waals surface area (Å²) < 4.78 is 4.95. The van der Waals surface area contributed by atoms with Gasteiger partial charge < -0.3 is 19.4 Å². The Bertz CT molecular complexity index is 440. The maximum absolute atomic E-state index is 12.4. The molecule has 0 aliphatic carbocycles. The third-order valence-corrected chi connectivity index (χ3v) is 5.83. The molecule has 0 aromatic carbocycles. The average molecular weight is 323 g/mol. The molecule has 23 heavy (non-hydrogen) atoms. The molecule has 6 nitrogen and oxygen atoms in total. The van der Waals surface area contributed by atoms with E-state index in [-0.39, 0.29) is 18.1 Å². The van der Waals surface area contributed by atoms with E-state index in [2.05, 4.69) is 9.80 Å². The topological polar surface area (TPSA) is 53.1 Å². The van der Waals surface area contributed by atoms with Crippen LogP contribution in [0.4, 0.5) is 0 Å². The molecule has 2 amide bonds. The number of nitrogens with zero attached hydrogens (tertiary/aromatic N) is 3. The number of likely N-dealkylation sites (tertiary alicyclic amines) is 3. The molecule has 0 radical (unpaired) electrons. The van der Waals surface area contributed by atoms with Crippen molar-refractivity contribution < 1.29 is 14.3 Å². The number of carbonyl (C=O) groups excluding carboxylic acids is 2. The van der Waals surface area contributed by atoms with Gasteiger partial charge in [-0.1, -0.05) is 0 Å². The minimum Gasteiger partial charge on any atom is -0.375 e. The third kappa shape index (κ3) is 3.53. The lowest BCUT2D eigenvalue weighted by Crippen LogP contribution is -2.55. The molecule has 0 atom stereocenters. The lowest BCUT2D eigenvalue weighted by molar-refractivity contribution is -0.139. The van der Waals surface area contributed by atoms with Gasteiger partial charge in [0.15, 0.2) is 0 Å². The summed E-state index contributed by atoms with van der Waals surface area (Å²) in [4.78, 5) is 30.8. The summed E-state index contributed by atoms with van der Waals surface area (Å²) in [5, 5.41) is 0. The predicted octanol–water partition coefficient (Wildman–Crippen LogP) is 0.712. The Morgan fingerprint density at radius 3 is 2.43 bits per heavy atom. The predicted molar refractivity (Wildman–Crippen MR) is 87.0 cm³/mol. The smallest absolute Gasteiger partial charge is 0.248 e. The van der Waals surface area contributed by atoms with Gasteiger partial charge in [-0.25, -0.2) is 0 Å². The fourth-order valence-corrected chi connectivity index (χ4v) is 4.39. The maximum Gasteiger partial charge on any atom is 0.248 e. The van der Waals surface area contributed by atoms with E-state index in [1.807, 2.05) is 4.90 Å². The molecule has 0 N–H and O–H groups in total. The maximum atomic E-state index is 12.4. The van der Waals surface area contributed by atoms with E-state index in [0.717, 1.165) is 45.4 Å². The van der Waals surface area contributed by atoms with Crippen LogP contribution in [0.1, 0.15) is 38.5 Å². The molecular weight excluding hydrogens is 294 g/mol. The molecule has 3 fully saturated rings. The Morgan fingerprint density at radius 2 is 1.78 bits per heavy atom. The van der Waals surface area contributed by atoms with Gasteiger partial charge in [0.05, 0.1) is 0 Å². The third-order valence-electron chi connectivity index (χ3n) is 5.83. The molecule has 0 saturated carbocycles. The van der Waals surface area contributed by atoms with E-state index >= 15 is 0 Å². The van der Waals surface area contributed by atoms with Crippen molar-refractivity contribution in [1.29, 1.82) is 0 Å². The number of hydrogen-bond donors (Lipinski definition) is 0. The van der Waals surface area contributed by atoms with E-state index in [1.165, 1.54) is 25.9 Å². The van der Waals surface area contributed by atoms with E-state index in [0.29, 0.717) is 12.3 Å². The van der Waals surface area contributed by atoms with Gasteiger partial charge in [0, 0.05) is 45.2 Å². The SMILES string of the molecule is COCC(=O)N1CCC2(CCC(=O)N2CCN2CCCC2)CC1. The Kier molecular flexibility index (Phi) is 5.21. The first-order valence-corrected chi connectivity index (χ1v) is 8.94. The number of rotatable bonds is 5. The fourth-order valence-electron chi connectivity index (χ4n) is 4.39. The van der Waals surface area contributed by atoms with Gasteiger partial charge in [0.25, 0.3) is 0 Å². The Hall–Kier alpha value is -1.14. The number of piperidine rings is 1. The summed E-state index contributed by atoms with van der Waals surface area (Å²) in [6.45, 7) is 5.85. The van der Waals surface area contributed by atoms with E-state index in [4.69, 9.17) is 4.74 Å². The lowest BCUT2D eigenvalue weighted by Gasteiger charge is -2.45. The van der Waals surface area contributed by atoms with Gasteiger partial charge in [-0.05, 0) is 45.2 Å². The largest absolute Gasteiger partial charge is 0.375 e. The molecule has 3 aliphatic heterocycles. The number of ether oxygens (including phenoxy) is 1. The number of amides is 2. The second-order valence-electron chi connectivity index (χ2n) is 7.13. The van der Waals surface area contributed by atoms with Gasteiger partial charge in [-0.2, -0.15) is 0 Å². The number of methoxy groups -OCH3 is 1. The van der Waals surface area contributed by atoms with Crippen molar-refractivity contribution in [3.8, 4) is 0 Å². The molecule has 6 heteroatoms. The van der Waals surface area contributed by atoms with Crippen molar-refractivity contribution in [3.63, 3.8) is 0 Å². The first-order chi connectivity index (χ1) is 11.1. The van der Waals surface area contributed by atoms with E-state index < -0.39 is 0 Å². The van der Waals surface area contributed by atoms with E-state index in [1.54, 1.807) is 7.11 Å². The molecule has 1 spiro atoms. The molecular formula is C17H29N3O3. The van der Waals surface area contributed by atoms with Crippen LogP contribution in [0.15, 0.2) is 0 Å². The average Bonchev–Trinajstić information content (AvgIpc) is 3.16. The molecule has 3 aliphatic rings. The highest BCUT2D eigenvalue weighted by Crippen LogP contribution is 2.39. The van der Waals surface area contributed by atoms with Crippen LogP contribution in [0.2, 0.25) is 0 Å². The summed E-state index contributed by atoms with van der Waals surface area (Å²) >= 11 is 0. The van der Waals surface area contributed by atoms with E-state index in [9.17, 15) is 9.59 Å². The number of hydrogen-bond acceptors (Lipinski definition) is 4. The fraction of sp³-hybridized carbons (Fsp3) is 0.882. The number of carbonyl (C=O) groups is 2. The van der Waals surface area contributed by atoms with Gasteiger partial charge in [-0.15, -0.1) is 0 Å². The molecule has 0 aromatic rings. The molecule has 3 heterocycles. The van der Waals surface area contributed by atoms with Crippen LogP contribution in [0.3, 0.4) is 0 Å². The van der Waals surface area contributed by atoms with Gasteiger partial charge >= 0.3 is 0 Å². The lowest BCUT2D eigenvalue weighted by atomic mass is 9.85. The standard InChI is InChI=1S/C17H29N3O3/c1-23-14-16(22)19-10-6-17(7-11-19)5-4-15(21)20(17)13-12-18-8-2-3-9-18/h2-14H2,1H3. The van der Waals surface area contributed by atoms with Crippen molar-refractivity contribution in [2.75, 3.05) is 53.0 Å². The van der Waals surface area contributed by atoms with Crippen molar-refractivity contribution in [2.24, 2.45) is 0 Å². The Morgan fingerprint density at radius 1 is 1.09 bits per heavy atom. The minimum atomic E-state index is 0.000654. The van der Waals surface area contributed by atoms with Gasteiger partial charge in [0.1, 0.15) is 6.61 Å². The summed E-state index contributed by atoms with van der Waals surface area (Å²) in [6, 6.07) is 0. The van der Waals surface area contributed by atoms with Gasteiger partial charge in [0.2, 0.25) is 11.8 Å². The zero-order valence-corrected chi connectivity index (χ0v) is 14.3. The molecule has 0 unspecified atom stereocenters. The second-order valence-corrected chi connectivity index (χ2v) is 7.13. The van der Waals surface area contributed by atoms with Crippen molar-refractivity contribution >= 4 is 11.8 Å². The summed E-state index contributed by atoms with van der Waals surface area (Å²) in [5.41, 5.74) is 0.000654. The summed E-state index contributed by atoms with van der Waals surface area (Å²) in [7, 11) is 1.55. The normalized spacial score (nSPS) is 24.8. The summed E-state index contributed by atoms with van der Waals surface area (Å²) in [6.07, 6.45) is 6.03. The van der Waals surface area contributed by atoms with Crippen LogP contribution in [-0.4, -0.2) is 85.0 Å². The monoisotopic (exact) mass is 323 g/mol. The van der Waals surface area contributed by atoms with Gasteiger partial charge in [-0.3, -0.25) is 9.59 Å². The highest BCUT2D eigenvalue weighted by Gasteiger charge is 2.47. The molecule has 0 aromatic heterocycles. The highest BCUT2D eigenvalue weighted by molar-refractivity contribution is 5.80. The minimum absolute atomic E-state index is 0.000654. The van der Waals surface area contributed by atoms with Crippen molar-refractivity contribution in [1.82, 2.24) is 14.7 Å². The molecule has 0 bridgehead atoms. The first kappa shape index (κ1) is 16.7. The van der Waals surface area contributed by atoms with Crippen LogP contribution in [0.5, 0.6) is 0 Å².